The van der Waals surface area contributed by atoms with Crippen molar-refractivity contribution >= 4 is 38.6 Å². The third-order valence-electron chi connectivity index (χ3n) is 3.69. The summed E-state index contributed by atoms with van der Waals surface area (Å²) in [4.78, 5) is 20.2. The fraction of sp³-hybridized carbons (Fsp3) is 0.333. The van der Waals surface area contributed by atoms with Crippen LogP contribution >= 0.6 is 15.9 Å². The summed E-state index contributed by atoms with van der Waals surface area (Å²) in [6.45, 7) is 4.85. The van der Waals surface area contributed by atoms with Gasteiger partial charge in [0.2, 0.25) is 5.91 Å². The Morgan fingerprint density at radius 2 is 1.85 bits per heavy atom. The van der Waals surface area contributed by atoms with Crippen LogP contribution in [0.1, 0.15) is 6.92 Å². The van der Waals surface area contributed by atoms with Crippen molar-refractivity contribution in [3.63, 3.8) is 0 Å². The van der Waals surface area contributed by atoms with Crippen LogP contribution in [0.3, 0.4) is 0 Å². The monoisotopic (exact) mass is 333 g/mol. The van der Waals surface area contributed by atoms with Gasteiger partial charge in [0.1, 0.15) is 5.82 Å². The van der Waals surface area contributed by atoms with E-state index in [2.05, 4.69) is 39.0 Å². The molecule has 0 saturated carbocycles. The van der Waals surface area contributed by atoms with Gasteiger partial charge in [-0.2, -0.15) is 0 Å². The van der Waals surface area contributed by atoms with Crippen molar-refractivity contribution in [2.24, 2.45) is 0 Å². The minimum absolute atomic E-state index is 0.153. The highest BCUT2D eigenvalue weighted by Crippen LogP contribution is 2.22. The van der Waals surface area contributed by atoms with Gasteiger partial charge >= 0.3 is 0 Å². The molecular weight excluding hydrogens is 318 g/mol. The van der Waals surface area contributed by atoms with Gasteiger partial charge in [-0.3, -0.25) is 4.79 Å². The van der Waals surface area contributed by atoms with Crippen molar-refractivity contribution < 1.29 is 4.79 Å². The van der Waals surface area contributed by atoms with Crippen LogP contribution in [0.2, 0.25) is 0 Å². The van der Waals surface area contributed by atoms with Crippen LogP contribution in [0.4, 0.5) is 5.82 Å². The summed E-state index contributed by atoms with van der Waals surface area (Å²) in [5, 5.41) is 1.14. The predicted molar refractivity (Wildman–Crippen MR) is 83.9 cm³/mol. The van der Waals surface area contributed by atoms with Gasteiger partial charge in [0.15, 0.2) is 0 Å². The van der Waals surface area contributed by atoms with Crippen LogP contribution in [0.25, 0.3) is 10.9 Å². The molecule has 0 N–H and O–H groups in total. The molecule has 0 atom stereocenters. The second kappa shape index (κ2) is 5.40. The lowest BCUT2D eigenvalue weighted by molar-refractivity contribution is -0.129. The zero-order chi connectivity index (χ0) is 14.1. The molecule has 1 aromatic heterocycles. The minimum Gasteiger partial charge on any atom is -0.353 e. The van der Waals surface area contributed by atoms with E-state index in [0.29, 0.717) is 0 Å². The number of benzene rings is 1. The van der Waals surface area contributed by atoms with E-state index in [1.54, 1.807) is 6.92 Å². The number of rotatable bonds is 1. The highest BCUT2D eigenvalue weighted by Gasteiger charge is 2.19. The zero-order valence-corrected chi connectivity index (χ0v) is 12.9. The molecule has 4 nitrogen and oxygen atoms in total. The van der Waals surface area contributed by atoms with Crippen molar-refractivity contribution in [3.8, 4) is 0 Å². The number of aromatic nitrogens is 1. The van der Waals surface area contributed by atoms with E-state index < -0.39 is 0 Å². The first-order valence-electron chi connectivity index (χ1n) is 6.70. The molecule has 2 aromatic rings. The summed E-state index contributed by atoms with van der Waals surface area (Å²) in [6.07, 6.45) is 0. The normalized spacial score (nSPS) is 15.7. The van der Waals surface area contributed by atoms with Crippen LogP contribution in [0, 0.1) is 0 Å². The highest BCUT2D eigenvalue weighted by molar-refractivity contribution is 9.10. The minimum atomic E-state index is 0.153. The lowest BCUT2D eigenvalue weighted by Crippen LogP contribution is -2.48. The fourth-order valence-corrected chi connectivity index (χ4v) is 2.86. The number of fused-ring (bicyclic) bond motifs is 1. The molecule has 1 aromatic carbocycles. The Bertz CT molecular complexity index is 651. The molecule has 20 heavy (non-hydrogen) atoms. The van der Waals surface area contributed by atoms with Gasteiger partial charge in [-0.15, -0.1) is 0 Å². The topological polar surface area (TPSA) is 36.4 Å². The third kappa shape index (κ3) is 2.63. The van der Waals surface area contributed by atoms with E-state index in [9.17, 15) is 4.79 Å². The van der Waals surface area contributed by atoms with Crippen LogP contribution < -0.4 is 4.90 Å². The standard InChI is InChI=1S/C15H16BrN3O/c1-11(20)18-6-8-19(9-7-18)15-5-3-12-2-4-13(16)10-14(12)17-15/h2-5,10H,6-9H2,1H3. The summed E-state index contributed by atoms with van der Waals surface area (Å²) >= 11 is 3.48. The van der Waals surface area contributed by atoms with Gasteiger partial charge in [0, 0.05) is 43.0 Å². The molecule has 5 heteroatoms. The summed E-state index contributed by atoms with van der Waals surface area (Å²) in [7, 11) is 0. The first kappa shape index (κ1) is 13.4. The van der Waals surface area contributed by atoms with E-state index in [4.69, 9.17) is 4.98 Å². The Morgan fingerprint density at radius 1 is 1.15 bits per heavy atom. The summed E-state index contributed by atoms with van der Waals surface area (Å²) in [5.74, 6) is 1.14. The van der Waals surface area contributed by atoms with E-state index in [1.165, 1.54) is 0 Å². The van der Waals surface area contributed by atoms with Crippen molar-refractivity contribution in [3.05, 3.63) is 34.8 Å². The van der Waals surface area contributed by atoms with Crippen molar-refractivity contribution in [1.29, 1.82) is 0 Å². The Hall–Kier alpha value is -1.62. The predicted octanol–water partition coefficient (Wildman–Crippen LogP) is 2.67. The Morgan fingerprint density at radius 3 is 2.55 bits per heavy atom. The Kier molecular flexibility index (Phi) is 3.61. The lowest BCUT2D eigenvalue weighted by Gasteiger charge is -2.35. The van der Waals surface area contributed by atoms with E-state index in [1.807, 2.05) is 17.0 Å². The van der Waals surface area contributed by atoms with Crippen molar-refractivity contribution in [2.75, 3.05) is 31.1 Å². The molecule has 104 valence electrons. The molecule has 2 heterocycles. The van der Waals surface area contributed by atoms with E-state index in [-0.39, 0.29) is 5.91 Å². The quantitative estimate of drug-likeness (QED) is 0.805. The van der Waals surface area contributed by atoms with Crippen molar-refractivity contribution in [2.45, 2.75) is 6.92 Å². The smallest absolute Gasteiger partial charge is 0.219 e. The number of carbonyl (C=O) groups excluding carboxylic acids is 1. The maximum Gasteiger partial charge on any atom is 0.219 e. The van der Waals surface area contributed by atoms with Gasteiger partial charge < -0.3 is 9.80 Å². The molecule has 0 bridgehead atoms. The number of halogens is 1. The van der Waals surface area contributed by atoms with E-state index in [0.717, 1.165) is 47.4 Å². The molecule has 1 saturated heterocycles. The molecule has 0 unspecified atom stereocenters. The molecule has 3 rings (SSSR count). The molecule has 0 radical (unpaired) electrons. The van der Waals surface area contributed by atoms with Gasteiger partial charge in [-0.05, 0) is 24.3 Å². The molecule has 0 aliphatic carbocycles. The Labute approximate surface area is 126 Å². The molecule has 1 aliphatic rings. The largest absolute Gasteiger partial charge is 0.353 e. The third-order valence-corrected chi connectivity index (χ3v) is 4.18. The number of anilines is 1. The molecule has 0 spiro atoms. The van der Waals surface area contributed by atoms with E-state index >= 15 is 0 Å². The maximum absolute atomic E-state index is 11.3. The SMILES string of the molecule is CC(=O)N1CCN(c2ccc3ccc(Br)cc3n2)CC1. The molecule has 1 fully saturated rings. The number of hydrogen-bond acceptors (Lipinski definition) is 3. The number of hydrogen-bond donors (Lipinski definition) is 0. The zero-order valence-electron chi connectivity index (χ0n) is 11.3. The van der Waals surface area contributed by atoms with Gasteiger partial charge in [0.25, 0.3) is 0 Å². The average molecular weight is 334 g/mol. The number of amides is 1. The average Bonchev–Trinajstić information content (AvgIpc) is 2.46. The van der Waals surface area contributed by atoms with Gasteiger partial charge in [-0.1, -0.05) is 22.0 Å². The molecular formula is C15H16BrN3O. The van der Waals surface area contributed by atoms with Gasteiger partial charge in [0.05, 0.1) is 5.52 Å². The number of nitrogens with zero attached hydrogens (tertiary/aromatic N) is 3. The second-order valence-corrected chi connectivity index (χ2v) is 5.92. The first-order chi connectivity index (χ1) is 9.63. The summed E-state index contributed by atoms with van der Waals surface area (Å²) in [5.41, 5.74) is 0.992. The van der Waals surface area contributed by atoms with Crippen LogP contribution in [-0.2, 0) is 4.79 Å². The fourth-order valence-electron chi connectivity index (χ4n) is 2.51. The Balaban J connectivity index is 1.82. The summed E-state index contributed by atoms with van der Waals surface area (Å²) in [6, 6.07) is 10.3. The number of piperazine rings is 1. The highest BCUT2D eigenvalue weighted by atomic mass is 79.9. The number of pyridine rings is 1. The molecule has 1 aliphatic heterocycles. The first-order valence-corrected chi connectivity index (χ1v) is 7.49. The second-order valence-electron chi connectivity index (χ2n) is 5.00. The molecule has 1 amide bonds. The lowest BCUT2D eigenvalue weighted by atomic mass is 10.2. The summed E-state index contributed by atoms with van der Waals surface area (Å²) < 4.78 is 1.04. The van der Waals surface area contributed by atoms with Crippen LogP contribution in [-0.4, -0.2) is 42.0 Å². The number of carbonyl (C=O) groups is 1. The van der Waals surface area contributed by atoms with Crippen molar-refractivity contribution in [1.82, 2.24) is 9.88 Å². The van der Waals surface area contributed by atoms with Crippen LogP contribution in [0.15, 0.2) is 34.8 Å². The maximum atomic E-state index is 11.3. The van der Waals surface area contributed by atoms with Gasteiger partial charge in [-0.25, -0.2) is 4.98 Å². The van der Waals surface area contributed by atoms with Crippen LogP contribution in [0.5, 0.6) is 0 Å².